The summed E-state index contributed by atoms with van der Waals surface area (Å²) in [6.07, 6.45) is 1.56. The van der Waals surface area contributed by atoms with E-state index in [1.165, 1.54) is 0 Å². The van der Waals surface area contributed by atoms with Crippen LogP contribution in [0.25, 0.3) is 0 Å². The normalized spacial score (nSPS) is 11.2. The van der Waals surface area contributed by atoms with Gasteiger partial charge in [0.25, 0.3) is 5.91 Å². The lowest BCUT2D eigenvalue weighted by molar-refractivity contribution is -0.136. The summed E-state index contributed by atoms with van der Waals surface area (Å²) < 4.78 is 10.4. The van der Waals surface area contributed by atoms with Crippen molar-refractivity contribution in [3.8, 4) is 5.88 Å². The third-order valence-electron chi connectivity index (χ3n) is 2.53. The number of methoxy groups -OCH3 is 1. The van der Waals surface area contributed by atoms with Crippen molar-refractivity contribution >= 4 is 11.6 Å². The number of ether oxygens (including phenoxy) is 2. The second kappa shape index (κ2) is 5.82. The molecule has 1 aromatic rings. The van der Waals surface area contributed by atoms with E-state index in [0.717, 1.165) is 5.56 Å². The minimum absolute atomic E-state index is 0.198. The molecule has 1 rings (SSSR count). The molecule has 18 heavy (non-hydrogen) atoms. The third kappa shape index (κ3) is 3.43. The molecule has 5 heteroatoms. The number of nitrogens with zero attached hydrogens (tertiary/aromatic N) is 1. The van der Waals surface area contributed by atoms with Gasteiger partial charge >= 0.3 is 0 Å². The topological polar surface area (TPSA) is 60.5 Å². The summed E-state index contributed by atoms with van der Waals surface area (Å²) in [5.74, 6) is 0.354. The number of amides is 1. The van der Waals surface area contributed by atoms with Crippen LogP contribution in [0.4, 0.5) is 5.69 Å². The first-order chi connectivity index (χ1) is 8.40. The highest BCUT2D eigenvalue weighted by Crippen LogP contribution is 2.19. The summed E-state index contributed by atoms with van der Waals surface area (Å²) in [5.41, 5.74) is 0.637. The van der Waals surface area contributed by atoms with Crippen LogP contribution in [-0.2, 0) is 9.53 Å². The van der Waals surface area contributed by atoms with Gasteiger partial charge in [0.05, 0.1) is 19.0 Å². The quantitative estimate of drug-likeness (QED) is 0.872. The van der Waals surface area contributed by atoms with Crippen LogP contribution in [0.2, 0.25) is 0 Å². The Morgan fingerprint density at radius 1 is 1.50 bits per heavy atom. The van der Waals surface area contributed by atoms with Gasteiger partial charge in [-0.2, -0.15) is 0 Å². The van der Waals surface area contributed by atoms with Crippen LogP contribution in [0.15, 0.2) is 12.3 Å². The van der Waals surface area contributed by atoms with Crippen molar-refractivity contribution in [3.05, 3.63) is 17.8 Å². The van der Waals surface area contributed by atoms with E-state index in [9.17, 15) is 4.79 Å². The van der Waals surface area contributed by atoms with Crippen molar-refractivity contribution in [2.45, 2.75) is 33.3 Å². The first-order valence-electron chi connectivity index (χ1n) is 5.86. The van der Waals surface area contributed by atoms with E-state index in [1.807, 2.05) is 19.9 Å². The molecule has 0 fully saturated rings. The number of nitrogens with one attached hydrogen (secondary N) is 1. The van der Waals surface area contributed by atoms with Gasteiger partial charge in [-0.05, 0) is 33.8 Å². The van der Waals surface area contributed by atoms with Gasteiger partial charge in [0, 0.05) is 12.2 Å². The number of aryl methyl sites for hydroxylation is 1. The Kier molecular flexibility index (Phi) is 4.67. The maximum absolute atomic E-state index is 12.0. The van der Waals surface area contributed by atoms with Gasteiger partial charge in [-0.25, -0.2) is 4.98 Å². The van der Waals surface area contributed by atoms with E-state index in [2.05, 4.69) is 10.3 Å². The summed E-state index contributed by atoms with van der Waals surface area (Å²) >= 11 is 0. The molecule has 1 aromatic heterocycles. The molecule has 0 aliphatic carbocycles. The van der Waals surface area contributed by atoms with Crippen molar-refractivity contribution in [1.82, 2.24) is 4.98 Å². The summed E-state index contributed by atoms with van der Waals surface area (Å²) in [4.78, 5) is 16.1. The highest BCUT2D eigenvalue weighted by Gasteiger charge is 2.28. The minimum atomic E-state index is -0.859. The van der Waals surface area contributed by atoms with Gasteiger partial charge in [0.15, 0.2) is 0 Å². The Morgan fingerprint density at radius 3 is 2.67 bits per heavy atom. The van der Waals surface area contributed by atoms with Crippen LogP contribution in [0.3, 0.4) is 0 Å². The summed E-state index contributed by atoms with van der Waals surface area (Å²) in [5, 5.41) is 2.78. The number of rotatable bonds is 5. The molecule has 0 unspecified atom stereocenters. The average molecular weight is 252 g/mol. The number of hydrogen-bond donors (Lipinski definition) is 1. The number of carbonyl (C=O) groups is 1. The molecule has 100 valence electrons. The first kappa shape index (κ1) is 14.4. The fourth-order valence-corrected chi connectivity index (χ4v) is 1.55. The van der Waals surface area contributed by atoms with Gasteiger partial charge in [-0.15, -0.1) is 0 Å². The van der Waals surface area contributed by atoms with Crippen molar-refractivity contribution in [1.29, 1.82) is 0 Å². The predicted octanol–water partition coefficient (Wildman–Crippen LogP) is 2.15. The lowest BCUT2D eigenvalue weighted by Crippen LogP contribution is -2.39. The molecular formula is C13H20N2O3. The van der Waals surface area contributed by atoms with Gasteiger partial charge in [0.1, 0.15) is 5.60 Å². The summed E-state index contributed by atoms with van der Waals surface area (Å²) in [6, 6.07) is 1.81. The van der Waals surface area contributed by atoms with E-state index in [4.69, 9.17) is 9.47 Å². The van der Waals surface area contributed by atoms with Crippen molar-refractivity contribution < 1.29 is 14.3 Å². The van der Waals surface area contributed by atoms with Crippen LogP contribution in [0, 0.1) is 6.92 Å². The number of pyridine rings is 1. The number of carbonyl (C=O) groups excluding carboxylic acids is 1. The maximum Gasteiger partial charge on any atom is 0.256 e. The molecule has 0 aliphatic rings. The molecule has 0 saturated heterocycles. The van der Waals surface area contributed by atoms with Gasteiger partial charge in [-0.3, -0.25) is 4.79 Å². The predicted molar refractivity (Wildman–Crippen MR) is 69.9 cm³/mol. The van der Waals surface area contributed by atoms with Crippen LogP contribution in [-0.4, -0.2) is 30.2 Å². The highest BCUT2D eigenvalue weighted by atomic mass is 16.5. The Hall–Kier alpha value is -1.62. The van der Waals surface area contributed by atoms with E-state index >= 15 is 0 Å². The largest absolute Gasteiger partial charge is 0.481 e. The van der Waals surface area contributed by atoms with Crippen LogP contribution in [0.1, 0.15) is 26.3 Å². The van der Waals surface area contributed by atoms with Gasteiger partial charge < -0.3 is 14.8 Å². The average Bonchev–Trinajstić information content (AvgIpc) is 2.29. The van der Waals surface area contributed by atoms with Crippen LogP contribution in [0.5, 0.6) is 5.88 Å². The molecule has 1 amide bonds. The van der Waals surface area contributed by atoms with Crippen molar-refractivity contribution in [2.24, 2.45) is 0 Å². The highest BCUT2D eigenvalue weighted by molar-refractivity contribution is 5.96. The standard InChI is InChI=1S/C13H20N2O3/c1-6-18-13(3,4)12(16)15-10-7-9(2)11(17-5)14-8-10/h7-8H,6H2,1-5H3,(H,15,16). The Balaban J connectivity index is 2.79. The fraction of sp³-hybridized carbons (Fsp3) is 0.538. The smallest absolute Gasteiger partial charge is 0.256 e. The zero-order chi connectivity index (χ0) is 13.8. The lowest BCUT2D eigenvalue weighted by atomic mass is 10.1. The molecule has 0 spiro atoms. The number of aromatic nitrogens is 1. The zero-order valence-corrected chi connectivity index (χ0v) is 11.5. The summed E-state index contributed by atoms with van der Waals surface area (Å²) in [6.45, 7) is 7.68. The van der Waals surface area contributed by atoms with Gasteiger partial charge in [0.2, 0.25) is 5.88 Å². The van der Waals surface area contributed by atoms with Crippen molar-refractivity contribution in [3.63, 3.8) is 0 Å². The molecule has 5 nitrogen and oxygen atoms in total. The maximum atomic E-state index is 12.0. The van der Waals surface area contributed by atoms with Gasteiger partial charge in [-0.1, -0.05) is 0 Å². The number of hydrogen-bond acceptors (Lipinski definition) is 4. The first-order valence-corrected chi connectivity index (χ1v) is 5.86. The lowest BCUT2D eigenvalue weighted by Gasteiger charge is -2.23. The second-order valence-electron chi connectivity index (χ2n) is 4.45. The summed E-state index contributed by atoms with van der Waals surface area (Å²) in [7, 11) is 1.56. The van der Waals surface area contributed by atoms with E-state index in [1.54, 1.807) is 27.2 Å². The molecule has 0 bridgehead atoms. The molecule has 0 aliphatic heterocycles. The zero-order valence-electron chi connectivity index (χ0n) is 11.5. The van der Waals surface area contributed by atoms with E-state index in [-0.39, 0.29) is 5.91 Å². The Bertz CT molecular complexity index is 430. The van der Waals surface area contributed by atoms with Crippen LogP contribution >= 0.6 is 0 Å². The Morgan fingerprint density at radius 2 is 2.17 bits per heavy atom. The number of anilines is 1. The molecule has 0 saturated carbocycles. The van der Waals surface area contributed by atoms with E-state index in [0.29, 0.717) is 18.2 Å². The third-order valence-corrected chi connectivity index (χ3v) is 2.53. The molecule has 0 radical (unpaired) electrons. The second-order valence-corrected chi connectivity index (χ2v) is 4.45. The molecule has 0 atom stereocenters. The van der Waals surface area contributed by atoms with Crippen LogP contribution < -0.4 is 10.1 Å². The molecule has 1 N–H and O–H groups in total. The minimum Gasteiger partial charge on any atom is -0.481 e. The molecular weight excluding hydrogens is 232 g/mol. The Labute approximate surface area is 108 Å². The monoisotopic (exact) mass is 252 g/mol. The molecule has 0 aromatic carbocycles. The van der Waals surface area contributed by atoms with E-state index < -0.39 is 5.60 Å². The van der Waals surface area contributed by atoms with Crippen molar-refractivity contribution in [2.75, 3.05) is 19.0 Å². The fourth-order valence-electron chi connectivity index (χ4n) is 1.55. The SMILES string of the molecule is CCOC(C)(C)C(=O)Nc1cnc(OC)c(C)c1. The molecule has 1 heterocycles.